The van der Waals surface area contributed by atoms with Crippen LogP contribution in [0.5, 0.6) is 5.75 Å². The number of fused-ring (bicyclic) bond motifs is 1. The van der Waals surface area contributed by atoms with E-state index in [2.05, 4.69) is 52.1 Å². The number of amides is 4. The number of nitriles is 1. The van der Waals surface area contributed by atoms with Crippen molar-refractivity contribution in [2.75, 3.05) is 49.1 Å². The first-order chi connectivity index (χ1) is 28.0. The van der Waals surface area contributed by atoms with Crippen molar-refractivity contribution in [2.24, 2.45) is 0 Å². The number of carbonyl (C=O) groups is 4. The third kappa shape index (κ3) is 7.75. The van der Waals surface area contributed by atoms with E-state index in [1.807, 2.05) is 23.1 Å². The van der Waals surface area contributed by atoms with E-state index in [9.17, 15) is 24.4 Å². The number of halogens is 1. The lowest BCUT2D eigenvalue weighted by molar-refractivity contribution is -0.120. The molecule has 58 heavy (non-hydrogen) atoms. The van der Waals surface area contributed by atoms with Crippen LogP contribution in [0.4, 0.5) is 11.4 Å². The van der Waals surface area contributed by atoms with E-state index in [4.69, 9.17) is 21.7 Å². The van der Waals surface area contributed by atoms with Crippen LogP contribution in [-0.2, 0) is 4.79 Å². The zero-order valence-corrected chi connectivity index (χ0v) is 33.7. The molecule has 3 aromatic rings. The first kappa shape index (κ1) is 39.4. The van der Waals surface area contributed by atoms with Gasteiger partial charge in [0.25, 0.3) is 17.7 Å². The Morgan fingerprint density at radius 1 is 0.897 bits per heavy atom. The number of nitrogens with one attached hydrogen (secondary N) is 2. The van der Waals surface area contributed by atoms with Gasteiger partial charge in [0.1, 0.15) is 17.7 Å². The minimum Gasteiger partial charge on any atom is -0.491 e. The zero-order valence-electron chi connectivity index (χ0n) is 33.0. The smallest absolute Gasteiger partial charge is 0.262 e. The molecule has 0 aromatic heterocycles. The van der Waals surface area contributed by atoms with Gasteiger partial charge in [-0.3, -0.25) is 34.4 Å². The summed E-state index contributed by atoms with van der Waals surface area (Å²) in [7, 11) is 0. The monoisotopic (exact) mass is 804 g/mol. The lowest BCUT2D eigenvalue weighted by atomic mass is 10.0. The average Bonchev–Trinajstić information content (AvgIpc) is 3.71. The number of amidine groups is 1. The number of anilines is 2. The van der Waals surface area contributed by atoms with E-state index in [1.165, 1.54) is 0 Å². The molecule has 5 aliphatic rings. The highest BCUT2D eigenvalue weighted by Gasteiger charge is 2.44. The Kier molecular flexibility index (Phi) is 11.2. The second kappa shape index (κ2) is 16.4. The van der Waals surface area contributed by atoms with Gasteiger partial charge in [0.2, 0.25) is 5.91 Å². The Bertz CT molecular complexity index is 2160. The SMILES string of the molecule is CC(CC1CCC(C)N1c1ccc(C(=O)N2CCN(C3CCN(c4ccc5c(c4)C(=O)N(C4CCC(=O)NC4=N)C5=O)CC3)CC2)cc1)Oc1ccc(C#N)c(Cl)c1. The summed E-state index contributed by atoms with van der Waals surface area (Å²) >= 11 is 6.23. The number of nitrogens with zero attached hydrogens (tertiary/aromatic N) is 6. The van der Waals surface area contributed by atoms with Crippen molar-refractivity contribution < 1.29 is 23.9 Å². The maximum Gasteiger partial charge on any atom is 0.262 e. The molecule has 4 fully saturated rings. The van der Waals surface area contributed by atoms with E-state index in [1.54, 1.807) is 30.3 Å². The van der Waals surface area contributed by atoms with Gasteiger partial charge in [-0.2, -0.15) is 5.26 Å². The van der Waals surface area contributed by atoms with Crippen LogP contribution < -0.4 is 19.9 Å². The third-order valence-electron chi connectivity index (χ3n) is 12.6. The van der Waals surface area contributed by atoms with E-state index in [0.717, 1.165) is 74.6 Å². The fourth-order valence-electron chi connectivity index (χ4n) is 9.52. The summed E-state index contributed by atoms with van der Waals surface area (Å²) in [4.78, 5) is 62.3. The topological polar surface area (TPSA) is 153 Å². The predicted molar refractivity (Wildman–Crippen MR) is 221 cm³/mol. The number of piperidine rings is 2. The first-order valence-corrected chi connectivity index (χ1v) is 20.8. The predicted octanol–water partition coefficient (Wildman–Crippen LogP) is 5.71. The highest BCUT2D eigenvalue weighted by Crippen LogP contribution is 2.35. The molecule has 4 unspecified atom stereocenters. The second-order valence-corrected chi connectivity index (χ2v) is 16.6. The Morgan fingerprint density at radius 3 is 2.29 bits per heavy atom. The van der Waals surface area contributed by atoms with Gasteiger partial charge in [-0.1, -0.05) is 11.6 Å². The van der Waals surface area contributed by atoms with Crippen molar-refractivity contribution in [3.8, 4) is 11.8 Å². The van der Waals surface area contributed by atoms with Crippen molar-refractivity contribution in [3.63, 3.8) is 0 Å². The van der Waals surface area contributed by atoms with E-state index < -0.39 is 17.9 Å². The molecule has 0 spiro atoms. The molecule has 5 aliphatic heterocycles. The van der Waals surface area contributed by atoms with Crippen molar-refractivity contribution in [2.45, 2.75) is 89.1 Å². The lowest BCUT2D eigenvalue weighted by Gasteiger charge is -2.43. The summed E-state index contributed by atoms with van der Waals surface area (Å²) in [5.41, 5.74) is 3.82. The lowest BCUT2D eigenvalue weighted by Crippen LogP contribution is -2.54. The highest BCUT2D eigenvalue weighted by atomic mass is 35.5. The fourth-order valence-corrected chi connectivity index (χ4v) is 9.74. The summed E-state index contributed by atoms with van der Waals surface area (Å²) in [5.74, 6) is -0.509. The number of hydrogen-bond donors (Lipinski definition) is 2. The Balaban J connectivity index is 0.813. The Hall–Kier alpha value is -5.45. The number of rotatable bonds is 9. The molecular weight excluding hydrogens is 756 g/mol. The van der Waals surface area contributed by atoms with Gasteiger partial charge in [-0.05, 0) is 101 Å². The number of ether oxygens (including phenoxy) is 1. The highest BCUT2D eigenvalue weighted by molar-refractivity contribution is 6.31. The van der Waals surface area contributed by atoms with Crippen LogP contribution in [0, 0.1) is 16.7 Å². The summed E-state index contributed by atoms with van der Waals surface area (Å²) in [6.45, 7) is 8.92. The molecular formula is C44H49ClN8O5. The van der Waals surface area contributed by atoms with Crippen LogP contribution in [0.2, 0.25) is 5.02 Å². The van der Waals surface area contributed by atoms with Crippen molar-refractivity contribution in [1.29, 1.82) is 10.7 Å². The molecule has 0 aliphatic carbocycles. The number of hydrogen-bond acceptors (Lipinski definition) is 10. The molecule has 3 aromatic carbocycles. The van der Waals surface area contributed by atoms with Gasteiger partial charge in [0, 0.05) is 93.2 Å². The molecule has 8 rings (SSSR count). The average molecular weight is 805 g/mol. The van der Waals surface area contributed by atoms with Crippen LogP contribution in [0.1, 0.15) is 95.4 Å². The molecule has 4 atom stereocenters. The normalized spacial score (nSPS) is 23.5. The van der Waals surface area contributed by atoms with Crippen LogP contribution in [0.25, 0.3) is 0 Å². The molecule has 5 heterocycles. The van der Waals surface area contributed by atoms with Gasteiger partial charge in [0.15, 0.2) is 0 Å². The molecule has 4 saturated heterocycles. The summed E-state index contributed by atoms with van der Waals surface area (Å²) in [6.07, 6.45) is 5.24. The first-order valence-electron chi connectivity index (χ1n) is 20.4. The zero-order chi connectivity index (χ0) is 40.7. The number of imide groups is 1. The minimum atomic E-state index is -0.761. The van der Waals surface area contributed by atoms with Gasteiger partial charge in [0.05, 0.1) is 33.9 Å². The standard InChI is InChI=1S/C44H49ClN8O5/c1-27-3-7-34(23-28(2)58-35-11-6-30(26-46)38(45)25-35)52(27)32-8-4-29(5-9-32)42(55)51-21-19-50(20-22-51)31-15-17-49(18-16-31)33-10-12-36-37(24-33)44(57)53(43(36)56)39-13-14-40(54)48-41(39)47/h4-6,8-12,24-25,27-28,31,34,39H,3,7,13-23H2,1-2H3,(H2,47,48,54). The maximum atomic E-state index is 13.7. The Morgan fingerprint density at radius 2 is 1.60 bits per heavy atom. The number of piperazine rings is 1. The molecule has 2 N–H and O–H groups in total. The van der Waals surface area contributed by atoms with Gasteiger partial charge in [-0.15, -0.1) is 0 Å². The molecule has 302 valence electrons. The second-order valence-electron chi connectivity index (χ2n) is 16.2. The number of carbonyl (C=O) groups excluding carboxylic acids is 4. The van der Waals surface area contributed by atoms with Crippen molar-refractivity contribution in [1.82, 2.24) is 20.0 Å². The van der Waals surface area contributed by atoms with Crippen molar-refractivity contribution in [3.05, 3.63) is 87.9 Å². The quantitative estimate of drug-likeness (QED) is 0.259. The van der Waals surface area contributed by atoms with E-state index in [0.29, 0.717) is 64.2 Å². The van der Waals surface area contributed by atoms with Gasteiger partial charge in [-0.25, -0.2) is 0 Å². The van der Waals surface area contributed by atoms with Crippen LogP contribution >= 0.6 is 11.6 Å². The number of benzene rings is 3. The van der Waals surface area contributed by atoms with Gasteiger partial charge >= 0.3 is 0 Å². The van der Waals surface area contributed by atoms with E-state index in [-0.39, 0.29) is 36.6 Å². The van der Waals surface area contributed by atoms with Crippen LogP contribution in [-0.4, -0.2) is 114 Å². The largest absolute Gasteiger partial charge is 0.491 e. The molecule has 0 bridgehead atoms. The third-order valence-corrected chi connectivity index (χ3v) is 12.9. The summed E-state index contributed by atoms with van der Waals surface area (Å²) in [5, 5.41) is 20.2. The molecule has 13 nitrogen and oxygen atoms in total. The Labute approximate surface area is 343 Å². The fraction of sp³-hybridized carbons (Fsp3) is 0.455. The molecule has 14 heteroatoms. The molecule has 4 amide bonds. The molecule has 0 saturated carbocycles. The molecule has 0 radical (unpaired) electrons. The van der Waals surface area contributed by atoms with Crippen LogP contribution in [0.3, 0.4) is 0 Å². The summed E-state index contributed by atoms with van der Waals surface area (Å²) < 4.78 is 6.20. The van der Waals surface area contributed by atoms with Crippen LogP contribution in [0.15, 0.2) is 60.7 Å². The van der Waals surface area contributed by atoms with Crippen molar-refractivity contribution >= 4 is 52.4 Å². The van der Waals surface area contributed by atoms with Gasteiger partial charge < -0.3 is 24.8 Å². The summed E-state index contributed by atoms with van der Waals surface area (Å²) in [6, 6.07) is 21.0. The minimum absolute atomic E-state index is 0.0521. The van der Waals surface area contributed by atoms with E-state index >= 15 is 0 Å². The maximum absolute atomic E-state index is 13.7.